The quantitative estimate of drug-likeness (QED) is 0.684. The highest BCUT2D eigenvalue weighted by atomic mass is 79.9. The van der Waals surface area contributed by atoms with Crippen LogP contribution in [0.25, 0.3) is 10.2 Å². The maximum absolute atomic E-state index is 12.3. The number of carbonyl (C=O) groups is 1. The van der Waals surface area contributed by atoms with Crippen LogP contribution in [0.5, 0.6) is 0 Å². The fourth-order valence-corrected chi connectivity index (χ4v) is 3.97. The predicted octanol–water partition coefficient (Wildman–Crippen LogP) is 4.40. The molecule has 0 unspecified atom stereocenters. The number of hydrogen-bond acceptors (Lipinski definition) is 4. The fourth-order valence-electron chi connectivity index (χ4n) is 1.68. The summed E-state index contributed by atoms with van der Waals surface area (Å²) in [5, 5.41) is 0.718. The number of fused-ring (bicyclic) bond motifs is 1. The van der Waals surface area contributed by atoms with Crippen molar-refractivity contribution in [2.75, 3.05) is 11.9 Å². The van der Waals surface area contributed by atoms with Gasteiger partial charge in [0.05, 0.1) is 18.9 Å². The van der Waals surface area contributed by atoms with E-state index in [4.69, 9.17) is 0 Å². The van der Waals surface area contributed by atoms with E-state index in [1.165, 1.54) is 22.7 Å². The van der Waals surface area contributed by atoms with Crippen molar-refractivity contribution in [1.29, 1.82) is 0 Å². The second-order valence-corrected chi connectivity index (χ2v) is 7.40. The average molecular weight is 353 g/mol. The molecule has 0 spiro atoms. The molecule has 0 radical (unpaired) electrons. The largest absolute Gasteiger partial charge is 0.286 e. The molecule has 2 aromatic heterocycles. The molecule has 2 heterocycles. The van der Waals surface area contributed by atoms with E-state index in [1.54, 1.807) is 11.9 Å². The Hall–Kier alpha value is -1.24. The fraction of sp³-hybridized carbons (Fsp3) is 0.0769. The highest BCUT2D eigenvalue weighted by Gasteiger charge is 2.18. The van der Waals surface area contributed by atoms with Crippen LogP contribution in [0.3, 0.4) is 0 Å². The molecule has 3 aromatic rings. The van der Waals surface area contributed by atoms with E-state index in [9.17, 15) is 4.79 Å². The van der Waals surface area contributed by atoms with Crippen LogP contribution >= 0.6 is 38.6 Å². The van der Waals surface area contributed by atoms with Crippen LogP contribution in [0.1, 0.15) is 9.67 Å². The molecule has 0 aliphatic rings. The average Bonchev–Trinajstić information content (AvgIpc) is 3.02. The Kier molecular flexibility index (Phi) is 3.38. The molecule has 1 aromatic carbocycles. The highest BCUT2D eigenvalue weighted by molar-refractivity contribution is 9.11. The van der Waals surface area contributed by atoms with Gasteiger partial charge in [0.25, 0.3) is 5.91 Å². The summed E-state index contributed by atoms with van der Waals surface area (Å²) in [6.45, 7) is 0. The smallest absolute Gasteiger partial charge is 0.269 e. The minimum atomic E-state index is -0.0326. The van der Waals surface area contributed by atoms with Crippen molar-refractivity contribution in [3.8, 4) is 0 Å². The zero-order valence-electron chi connectivity index (χ0n) is 9.96. The zero-order valence-corrected chi connectivity index (χ0v) is 13.2. The monoisotopic (exact) mass is 352 g/mol. The number of benzene rings is 1. The number of para-hydroxylation sites is 1. The molecular formula is C13H9BrN2OS2. The lowest BCUT2D eigenvalue weighted by Crippen LogP contribution is -2.25. The Morgan fingerprint density at radius 1 is 1.21 bits per heavy atom. The first kappa shape index (κ1) is 12.8. The molecular weight excluding hydrogens is 344 g/mol. The molecule has 3 rings (SSSR count). The van der Waals surface area contributed by atoms with Gasteiger partial charge in [-0.3, -0.25) is 9.69 Å². The zero-order chi connectivity index (χ0) is 13.4. The predicted molar refractivity (Wildman–Crippen MR) is 84.4 cm³/mol. The summed E-state index contributed by atoms with van der Waals surface area (Å²) < 4.78 is 2.04. The van der Waals surface area contributed by atoms with Gasteiger partial charge in [0.2, 0.25) is 0 Å². The van der Waals surface area contributed by atoms with Crippen LogP contribution in [-0.4, -0.2) is 17.9 Å². The summed E-state index contributed by atoms with van der Waals surface area (Å²) in [5.74, 6) is -0.0326. The first-order chi connectivity index (χ1) is 9.15. The van der Waals surface area contributed by atoms with Crippen LogP contribution in [-0.2, 0) is 0 Å². The Morgan fingerprint density at radius 2 is 2.00 bits per heavy atom. The van der Waals surface area contributed by atoms with Gasteiger partial charge in [0.15, 0.2) is 5.13 Å². The van der Waals surface area contributed by atoms with Crippen molar-refractivity contribution in [3.05, 3.63) is 45.1 Å². The van der Waals surface area contributed by atoms with Crippen molar-refractivity contribution in [2.24, 2.45) is 0 Å². The summed E-state index contributed by atoms with van der Waals surface area (Å²) in [6, 6.07) is 11.6. The minimum Gasteiger partial charge on any atom is -0.286 e. The van der Waals surface area contributed by atoms with Gasteiger partial charge in [-0.15, -0.1) is 11.3 Å². The normalized spacial score (nSPS) is 10.8. The van der Waals surface area contributed by atoms with Gasteiger partial charge < -0.3 is 0 Å². The van der Waals surface area contributed by atoms with Crippen molar-refractivity contribution < 1.29 is 4.79 Å². The van der Waals surface area contributed by atoms with E-state index < -0.39 is 0 Å². The van der Waals surface area contributed by atoms with Crippen LogP contribution in [0.4, 0.5) is 5.13 Å². The Morgan fingerprint density at radius 3 is 2.68 bits per heavy atom. The van der Waals surface area contributed by atoms with E-state index in [-0.39, 0.29) is 5.91 Å². The van der Waals surface area contributed by atoms with E-state index in [2.05, 4.69) is 20.9 Å². The highest BCUT2D eigenvalue weighted by Crippen LogP contribution is 2.30. The third kappa shape index (κ3) is 2.43. The number of thiophene rings is 1. The second kappa shape index (κ2) is 5.03. The molecule has 19 heavy (non-hydrogen) atoms. The number of rotatable bonds is 2. The van der Waals surface area contributed by atoms with E-state index in [0.717, 1.165) is 19.1 Å². The van der Waals surface area contributed by atoms with Gasteiger partial charge in [0, 0.05) is 7.05 Å². The number of halogens is 1. The van der Waals surface area contributed by atoms with Gasteiger partial charge in [-0.25, -0.2) is 4.98 Å². The second-order valence-electron chi connectivity index (χ2n) is 3.93. The Labute approximate surface area is 126 Å². The third-order valence-corrected chi connectivity index (χ3v) is 5.38. The lowest BCUT2D eigenvalue weighted by atomic mass is 10.3. The number of anilines is 1. The third-order valence-electron chi connectivity index (χ3n) is 2.66. The van der Waals surface area contributed by atoms with E-state index in [1.807, 2.05) is 36.4 Å². The number of amides is 1. The molecule has 0 fully saturated rings. The molecule has 0 aliphatic carbocycles. The van der Waals surface area contributed by atoms with Crippen molar-refractivity contribution in [1.82, 2.24) is 4.98 Å². The number of aromatic nitrogens is 1. The molecule has 0 N–H and O–H groups in total. The summed E-state index contributed by atoms with van der Waals surface area (Å²) in [4.78, 5) is 19.1. The van der Waals surface area contributed by atoms with Gasteiger partial charge in [0.1, 0.15) is 0 Å². The van der Waals surface area contributed by atoms with Crippen LogP contribution in [0, 0.1) is 0 Å². The summed E-state index contributed by atoms with van der Waals surface area (Å²) in [7, 11) is 1.76. The van der Waals surface area contributed by atoms with Crippen molar-refractivity contribution in [2.45, 2.75) is 0 Å². The number of carbonyl (C=O) groups excluding carboxylic acids is 1. The van der Waals surface area contributed by atoms with Gasteiger partial charge in [-0.2, -0.15) is 0 Å². The Bertz CT molecular complexity index is 717. The number of thiazole rings is 1. The Balaban J connectivity index is 1.94. The standard InChI is InChI=1S/C13H9BrN2OS2/c1-16(12(17)10-6-7-11(14)18-10)13-15-8-4-2-3-5-9(8)19-13/h2-7H,1H3. The van der Waals surface area contributed by atoms with E-state index in [0.29, 0.717) is 4.88 Å². The maximum atomic E-state index is 12.3. The summed E-state index contributed by atoms with van der Waals surface area (Å²) in [6.07, 6.45) is 0. The maximum Gasteiger partial charge on any atom is 0.269 e. The van der Waals surface area contributed by atoms with Crippen LogP contribution < -0.4 is 4.90 Å². The lowest BCUT2D eigenvalue weighted by Gasteiger charge is -2.11. The van der Waals surface area contributed by atoms with Crippen molar-refractivity contribution in [3.63, 3.8) is 0 Å². The molecule has 0 aliphatic heterocycles. The first-order valence-electron chi connectivity index (χ1n) is 5.54. The molecule has 0 saturated heterocycles. The lowest BCUT2D eigenvalue weighted by molar-refractivity contribution is 0.0997. The van der Waals surface area contributed by atoms with E-state index >= 15 is 0 Å². The molecule has 0 atom stereocenters. The van der Waals surface area contributed by atoms with Gasteiger partial charge in [-0.1, -0.05) is 23.5 Å². The van der Waals surface area contributed by atoms with Crippen molar-refractivity contribution >= 4 is 59.9 Å². The first-order valence-corrected chi connectivity index (χ1v) is 7.97. The number of hydrogen-bond donors (Lipinski definition) is 0. The minimum absolute atomic E-state index is 0.0326. The molecule has 6 heteroatoms. The molecule has 3 nitrogen and oxygen atoms in total. The number of nitrogens with zero attached hydrogens (tertiary/aromatic N) is 2. The van der Waals surface area contributed by atoms with Crippen LogP contribution in [0.2, 0.25) is 0 Å². The van der Waals surface area contributed by atoms with Gasteiger partial charge in [-0.05, 0) is 40.2 Å². The molecule has 0 bridgehead atoms. The van der Waals surface area contributed by atoms with Crippen LogP contribution in [0.15, 0.2) is 40.2 Å². The molecule has 0 saturated carbocycles. The molecule has 1 amide bonds. The topological polar surface area (TPSA) is 33.2 Å². The molecule has 96 valence electrons. The summed E-state index contributed by atoms with van der Waals surface area (Å²) >= 11 is 6.32. The summed E-state index contributed by atoms with van der Waals surface area (Å²) in [5.41, 5.74) is 0.925. The van der Waals surface area contributed by atoms with Gasteiger partial charge >= 0.3 is 0 Å². The SMILES string of the molecule is CN(C(=O)c1ccc(Br)s1)c1nc2ccccc2s1.